The molecule has 1 N–H and O–H groups in total. The topological polar surface area (TPSA) is 69.2 Å². The number of para-hydroxylation sites is 1. The van der Waals surface area contributed by atoms with Crippen LogP contribution in [0.15, 0.2) is 47.6 Å². The number of amides is 1. The number of carbonyl (C=O) groups excluding carboxylic acids is 1. The van der Waals surface area contributed by atoms with Crippen LogP contribution in [0, 0.1) is 6.92 Å². The molecule has 0 aliphatic heterocycles. The van der Waals surface area contributed by atoms with Crippen molar-refractivity contribution in [2.24, 2.45) is 5.10 Å². The van der Waals surface area contributed by atoms with Crippen LogP contribution in [0.3, 0.4) is 0 Å². The lowest BCUT2D eigenvalue weighted by molar-refractivity contribution is 0.171. The minimum atomic E-state index is -0.627. The number of nitrogens with one attached hydrogen (secondary N) is 1. The van der Waals surface area contributed by atoms with E-state index in [4.69, 9.17) is 9.47 Å². The molecule has 138 valence electrons. The van der Waals surface area contributed by atoms with E-state index < -0.39 is 6.09 Å². The van der Waals surface area contributed by atoms with E-state index in [9.17, 15) is 4.79 Å². The summed E-state index contributed by atoms with van der Waals surface area (Å²) in [5.41, 5.74) is 5.42. The van der Waals surface area contributed by atoms with Gasteiger partial charge in [0.15, 0.2) is 0 Å². The molecule has 0 fully saturated rings. The smallest absolute Gasteiger partial charge is 0.427 e. The second kappa shape index (κ2) is 10.1. The molecule has 0 saturated carbocycles. The molecule has 0 atom stereocenters. The molecule has 6 heteroatoms. The number of ether oxygens (including phenoxy) is 3. The average Bonchev–Trinajstić information content (AvgIpc) is 2.65. The summed E-state index contributed by atoms with van der Waals surface area (Å²) in [6.07, 6.45) is 1.85. The molecule has 0 heterocycles. The molecule has 0 aliphatic carbocycles. The van der Waals surface area contributed by atoms with Crippen LogP contribution in [-0.2, 0) is 11.2 Å². The third-order valence-electron chi connectivity index (χ3n) is 3.59. The number of methoxy groups -OCH3 is 1. The first-order chi connectivity index (χ1) is 12.6. The summed E-state index contributed by atoms with van der Waals surface area (Å²) in [6.45, 7) is 5.00. The van der Waals surface area contributed by atoms with Crippen LogP contribution in [0.1, 0.15) is 23.6 Å². The Morgan fingerprint density at radius 1 is 1.15 bits per heavy atom. The van der Waals surface area contributed by atoms with Crippen LogP contribution >= 0.6 is 0 Å². The van der Waals surface area contributed by atoms with E-state index in [0.717, 1.165) is 17.7 Å². The number of hydrazone groups is 1. The Kier molecular flexibility index (Phi) is 7.49. The van der Waals surface area contributed by atoms with Crippen molar-refractivity contribution in [2.45, 2.75) is 20.3 Å². The third-order valence-corrected chi connectivity index (χ3v) is 3.59. The monoisotopic (exact) mass is 356 g/mol. The Morgan fingerprint density at radius 3 is 2.69 bits per heavy atom. The zero-order valence-corrected chi connectivity index (χ0v) is 15.3. The van der Waals surface area contributed by atoms with Crippen molar-refractivity contribution in [2.75, 3.05) is 20.3 Å². The van der Waals surface area contributed by atoms with E-state index in [-0.39, 0.29) is 0 Å². The largest absolute Gasteiger partial charge is 0.490 e. The number of benzene rings is 2. The first-order valence-electron chi connectivity index (χ1n) is 8.44. The van der Waals surface area contributed by atoms with E-state index >= 15 is 0 Å². The summed E-state index contributed by atoms with van der Waals surface area (Å²) in [7, 11) is 1.28. The van der Waals surface area contributed by atoms with Crippen molar-refractivity contribution in [3.8, 4) is 11.5 Å². The molecule has 0 bridgehead atoms. The van der Waals surface area contributed by atoms with Gasteiger partial charge in [0, 0.05) is 5.56 Å². The molecule has 2 aromatic rings. The molecule has 2 aromatic carbocycles. The van der Waals surface area contributed by atoms with Crippen molar-refractivity contribution in [1.29, 1.82) is 0 Å². The van der Waals surface area contributed by atoms with E-state index in [2.05, 4.69) is 35.2 Å². The van der Waals surface area contributed by atoms with Crippen molar-refractivity contribution in [1.82, 2.24) is 5.43 Å². The maximum absolute atomic E-state index is 11.0. The highest BCUT2D eigenvalue weighted by molar-refractivity contribution is 5.84. The van der Waals surface area contributed by atoms with Gasteiger partial charge in [0.2, 0.25) is 0 Å². The Balaban J connectivity index is 1.88. The van der Waals surface area contributed by atoms with Gasteiger partial charge in [0.25, 0.3) is 0 Å². The normalized spacial score (nSPS) is 10.6. The highest BCUT2D eigenvalue weighted by Gasteiger charge is 2.03. The summed E-state index contributed by atoms with van der Waals surface area (Å²) in [6, 6.07) is 13.6. The van der Waals surface area contributed by atoms with Crippen LogP contribution in [0.4, 0.5) is 4.79 Å². The Labute approximate surface area is 153 Å². The quantitative estimate of drug-likeness (QED) is 0.445. The summed E-state index contributed by atoms with van der Waals surface area (Å²) in [5.74, 6) is 1.51. The summed E-state index contributed by atoms with van der Waals surface area (Å²) < 4.78 is 16.0. The zero-order valence-electron chi connectivity index (χ0n) is 15.3. The molecular weight excluding hydrogens is 332 g/mol. The van der Waals surface area contributed by atoms with Gasteiger partial charge in [0.05, 0.1) is 13.3 Å². The van der Waals surface area contributed by atoms with Crippen molar-refractivity contribution in [3.05, 3.63) is 59.2 Å². The Bertz CT molecular complexity index is 759. The van der Waals surface area contributed by atoms with Gasteiger partial charge in [-0.25, -0.2) is 10.2 Å². The standard InChI is InChI=1S/C20H24N2O4/c1-4-16-11-15(2)12-18(13-16)25-9-10-26-19-8-6-5-7-17(19)14-21-22-20(23)24-3/h5-8,11-14H,4,9-10H2,1-3H3,(H,22,23)/b21-14-. The molecule has 0 aliphatic rings. The lowest BCUT2D eigenvalue weighted by Gasteiger charge is -2.11. The van der Waals surface area contributed by atoms with E-state index in [1.807, 2.05) is 36.4 Å². The van der Waals surface area contributed by atoms with Gasteiger partial charge in [-0.2, -0.15) is 5.10 Å². The van der Waals surface area contributed by atoms with Gasteiger partial charge in [-0.05, 0) is 48.7 Å². The second-order valence-corrected chi connectivity index (χ2v) is 5.60. The Morgan fingerprint density at radius 2 is 1.92 bits per heavy atom. The third kappa shape index (κ3) is 6.12. The van der Waals surface area contributed by atoms with Gasteiger partial charge in [-0.1, -0.05) is 25.1 Å². The molecule has 6 nitrogen and oxygen atoms in total. The highest BCUT2D eigenvalue weighted by atomic mass is 16.5. The maximum Gasteiger partial charge on any atom is 0.427 e. The van der Waals surface area contributed by atoms with Crippen LogP contribution in [0.25, 0.3) is 0 Å². The van der Waals surface area contributed by atoms with Gasteiger partial charge < -0.3 is 14.2 Å². The van der Waals surface area contributed by atoms with Crippen LogP contribution in [0.2, 0.25) is 0 Å². The first-order valence-corrected chi connectivity index (χ1v) is 8.44. The molecule has 0 unspecified atom stereocenters. The van der Waals surface area contributed by atoms with Crippen molar-refractivity contribution < 1.29 is 19.0 Å². The number of rotatable bonds is 8. The number of nitrogens with zero attached hydrogens (tertiary/aromatic N) is 1. The molecule has 0 radical (unpaired) electrons. The zero-order chi connectivity index (χ0) is 18.8. The van der Waals surface area contributed by atoms with Gasteiger partial charge in [-0.3, -0.25) is 0 Å². The maximum atomic E-state index is 11.0. The fourth-order valence-electron chi connectivity index (χ4n) is 2.34. The van der Waals surface area contributed by atoms with Crippen molar-refractivity contribution in [3.63, 3.8) is 0 Å². The lowest BCUT2D eigenvalue weighted by atomic mass is 10.1. The van der Waals surface area contributed by atoms with Crippen LogP contribution in [-0.4, -0.2) is 32.6 Å². The molecule has 0 saturated heterocycles. The molecule has 1 amide bonds. The SMILES string of the molecule is CCc1cc(C)cc(OCCOc2ccccc2/C=N\NC(=O)OC)c1. The molecule has 0 aromatic heterocycles. The predicted octanol–water partition coefficient (Wildman–Crippen LogP) is 3.71. The number of hydrogen-bond donors (Lipinski definition) is 1. The minimum absolute atomic E-state index is 0.394. The predicted molar refractivity (Wildman–Crippen MR) is 101 cm³/mol. The van der Waals surface area contributed by atoms with Gasteiger partial charge in [-0.15, -0.1) is 0 Å². The van der Waals surface area contributed by atoms with E-state index in [0.29, 0.717) is 19.0 Å². The summed E-state index contributed by atoms with van der Waals surface area (Å²) in [4.78, 5) is 11.0. The first kappa shape index (κ1) is 19.3. The fraction of sp³-hybridized carbons (Fsp3) is 0.300. The van der Waals surface area contributed by atoms with Gasteiger partial charge >= 0.3 is 6.09 Å². The van der Waals surface area contributed by atoms with Crippen LogP contribution < -0.4 is 14.9 Å². The molecule has 26 heavy (non-hydrogen) atoms. The second-order valence-electron chi connectivity index (χ2n) is 5.60. The van der Waals surface area contributed by atoms with Crippen LogP contribution in [0.5, 0.6) is 11.5 Å². The summed E-state index contributed by atoms with van der Waals surface area (Å²) >= 11 is 0. The molecule has 2 rings (SSSR count). The van der Waals surface area contributed by atoms with E-state index in [1.165, 1.54) is 24.5 Å². The van der Waals surface area contributed by atoms with Gasteiger partial charge in [0.1, 0.15) is 24.7 Å². The minimum Gasteiger partial charge on any atom is -0.490 e. The van der Waals surface area contributed by atoms with E-state index in [1.54, 1.807) is 0 Å². The lowest BCUT2D eigenvalue weighted by Crippen LogP contribution is -2.17. The highest BCUT2D eigenvalue weighted by Crippen LogP contribution is 2.18. The Hall–Kier alpha value is -3.02. The molecule has 0 spiro atoms. The summed E-state index contributed by atoms with van der Waals surface area (Å²) in [5, 5.41) is 3.82. The number of aryl methyl sites for hydroxylation is 2. The fourth-order valence-corrected chi connectivity index (χ4v) is 2.34. The number of hydrogen-bond acceptors (Lipinski definition) is 5. The number of carbonyl (C=O) groups is 1. The van der Waals surface area contributed by atoms with Crippen molar-refractivity contribution >= 4 is 12.3 Å². The molecular formula is C20H24N2O4. The average molecular weight is 356 g/mol.